The van der Waals surface area contributed by atoms with Crippen molar-refractivity contribution in [3.63, 3.8) is 0 Å². The fourth-order valence-electron chi connectivity index (χ4n) is 3.68. The molecule has 0 unspecified atom stereocenters. The van der Waals surface area contributed by atoms with Gasteiger partial charge in [-0.2, -0.15) is 5.10 Å². The molecule has 6 nitrogen and oxygen atoms in total. The molecule has 0 atom stereocenters. The van der Waals surface area contributed by atoms with Gasteiger partial charge in [-0.3, -0.25) is 9.48 Å². The number of aryl methyl sites for hydroxylation is 1. The number of anilines is 1. The minimum atomic E-state index is -0.316. The number of rotatable bonds is 4. The van der Waals surface area contributed by atoms with Crippen molar-refractivity contribution >= 4 is 34.8 Å². The van der Waals surface area contributed by atoms with Crippen molar-refractivity contribution in [1.29, 1.82) is 0 Å². The number of nitrogens with zero attached hydrogens (tertiary/aromatic N) is 3. The lowest BCUT2D eigenvalue weighted by atomic mass is 9.89. The molecule has 1 N–H and O–H groups in total. The summed E-state index contributed by atoms with van der Waals surface area (Å²) >= 11 is 12.2. The van der Waals surface area contributed by atoms with E-state index in [1.54, 1.807) is 29.2 Å². The molecule has 4 aromatic rings. The molecular weight excluding hydrogens is 423 g/mol. The van der Waals surface area contributed by atoms with Crippen LogP contribution in [0.3, 0.4) is 0 Å². The van der Waals surface area contributed by atoms with Crippen LogP contribution in [0.15, 0.2) is 59.4 Å². The third kappa shape index (κ3) is 3.49. The van der Waals surface area contributed by atoms with Crippen LogP contribution >= 0.6 is 23.2 Å². The Labute approximate surface area is 182 Å². The maximum Gasteiger partial charge on any atom is 0.278 e. The summed E-state index contributed by atoms with van der Waals surface area (Å²) in [7, 11) is 0. The first-order chi connectivity index (χ1) is 14.6. The molecule has 0 fully saturated rings. The normalized spacial score (nSPS) is 12.3. The van der Waals surface area contributed by atoms with Gasteiger partial charge in [-0.25, -0.2) is 0 Å². The van der Waals surface area contributed by atoms with Gasteiger partial charge in [-0.05, 0) is 36.1 Å². The van der Waals surface area contributed by atoms with Crippen LogP contribution in [0.5, 0.6) is 0 Å². The van der Waals surface area contributed by atoms with Gasteiger partial charge in [0.1, 0.15) is 0 Å². The van der Waals surface area contributed by atoms with E-state index in [2.05, 4.69) is 21.6 Å². The molecule has 30 heavy (non-hydrogen) atoms. The summed E-state index contributed by atoms with van der Waals surface area (Å²) in [5.41, 5.74) is 4.80. The average Bonchev–Trinajstić information content (AvgIpc) is 3.37. The van der Waals surface area contributed by atoms with Gasteiger partial charge in [-0.1, -0.05) is 58.7 Å². The van der Waals surface area contributed by atoms with Crippen LogP contribution in [-0.2, 0) is 19.4 Å². The zero-order chi connectivity index (χ0) is 20.7. The molecular formula is C22H16Cl2N4O2. The Morgan fingerprint density at radius 2 is 2.03 bits per heavy atom. The third-order valence-electron chi connectivity index (χ3n) is 5.15. The molecule has 0 saturated carbocycles. The highest BCUT2D eigenvalue weighted by Crippen LogP contribution is 2.35. The first kappa shape index (κ1) is 18.9. The molecule has 0 radical (unpaired) electrons. The predicted octanol–water partition coefficient (Wildman–Crippen LogP) is 5.24. The first-order valence-corrected chi connectivity index (χ1v) is 10.2. The summed E-state index contributed by atoms with van der Waals surface area (Å²) in [6.45, 7) is 0.460. The summed E-state index contributed by atoms with van der Waals surface area (Å²) in [5, 5.41) is 12.3. The number of carbonyl (C=O) groups is 1. The highest BCUT2D eigenvalue weighted by atomic mass is 35.5. The van der Waals surface area contributed by atoms with Crippen molar-refractivity contribution in [2.24, 2.45) is 0 Å². The second-order valence-corrected chi connectivity index (χ2v) is 7.96. The first-order valence-electron chi connectivity index (χ1n) is 9.43. The molecule has 8 heteroatoms. The van der Waals surface area contributed by atoms with Crippen molar-refractivity contribution in [2.45, 2.75) is 19.4 Å². The highest BCUT2D eigenvalue weighted by Gasteiger charge is 2.27. The van der Waals surface area contributed by atoms with Gasteiger partial charge >= 0.3 is 0 Å². The van der Waals surface area contributed by atoms with Crippen molar-refractivity contribution in [3.8, 4) is 11.3 Å². The molecule has 2 aromatic carbocycles. The fraction of sp³-hybridized carbons (Fsp3) is 0.136. The fourth-order valence-corrected chi connectivity index (χ4v) is 4.15. The van der Waals surface area contributed by atoms with Gasteiger partial charge in [0.15, 0.2) is 11.5 Å². The van der Waals surface area contributed by atoms with E-state index in [1.165, 1.54) is 5.56 Å². The standard InChI is InChI=1S/C22H16Cl2N4O2/c23-15-7-5-14(19(24)9-15)11-28-12-16(10-25-28)26-22(29)20-18-8-6-13-3-1-2-4-17(13)21(18)30-27-20/h1-5,7,9-10,12H,6,8,11H2,(H,26,29). The van der Waals surface area contributed by atoms with Crippen LogP contribution in [-0.4, -0.2) is 20.8 Å². The van der Waals surface area contributed by atoms with Crippen LogP contribution in [0.1, 0.15) is 27.2 Å². The minimum Gasteiger partial charge on any atom is -0.355 e. The van der Waals surface area contributed by atoms with Crippen molar-refractivity contribution in [2.75, 3.05) is 5.32 Å². The smallest absolute Gasteiger partial charge is 0.278 e. The zero-order valence-corrected chi connectivity index (χ0v) is 17.2. The van der Waals surface area contributed by atoms with Crippen LogP contribution in [0.2, 0.25) is 10.0 Å². The molecule has 1 amide bonds. The Morgan fingerprint density at radius 3 is 2.90 bits per heavy atom. The zero-order valence-electron chi connectivity index (χ0n) is 15.7. The summed E-state index contributed by atoms with van der Waals surface area (Å²) in [6.07, 6.45) is 4.89. The quantitative estimate of drug-likeness (QED) is 0.472. The monoisotopic (exact) mass is 438 g/mol. The van der Waals surface area contributed by atoms with E-state index in [-0.39, 0.29) is 5.91 Å². The van der Waals surface area contributed by atoms with Crippen molar-refractivity contribution < 1.29 is 9.32 Å². The number of aromatic nitrogens is 3. The third-order valence-corrected chi connectivity index (χ3v) is 5.74. The number of carbonyl (C=O) groups excluding carboxylic acids is 1. The SMILES string of the molecule is O=C(Nc1cnn(Cc2ccc(Cl)cc2Cl)c1)c1noc2c1CCc1ccccc1-2. The predicted molar refractivity (Wildman–Crippen MR) is 115 cm³/mol. The van der Waals surface area contributed by atoms with Gasteiger partial charge < -0.3 is 9.84 Å². The Kier molecular flexibility index (Phi) is 4.81. The molecule has 2 aromatic heterocycles. The number of amides is 1. The highest BCUT2D eigenvalue weighted by molar-refractivity contribution is 6.35. The minimum absolute atomic E-state index is 0.313. The molecule has 0 aliphatic heterocycles. The van der Waals surface area contributed by atoms with Gasteiger partial charge in [-0.15, -0.1) is 0 Å². The second-order valence-electron chi connectivity index (χ2n) is 7.11. The summed E-state index contributed by atoms with van der Waals surface area (Å²) in [5.74, 6) is 0.360. The number of halogens is 2. The van der Waals surface area contributed by atoms with Crippen LogP contribution in [0, 0.1) is 0 Å². The van der Waals surface area contributed by atoms with E-state index < -0.39 is 0 Å². The maximum absolute atomic E-state index is 12.8. The number of fused-ring (bicyclic) bond motifs is 3. The average molecular weight is 439 g/mol. The second kappa shape index (κ2) is 7.63. The molecule has 1 aliphatic carbocycles. The molecule has 1 aliphatic rings. The summed E-state index contributed by atoms with van der Waals surface area (Å²) in [4.78, 5) is 12.8. The topological polar surface area (TPSA) is 73.0 Å². The summed E-state index contributed by atoms with van der Waals surface area (Å²) < 4.78 is 7.22. The lowest BCUT2D eigenvalue weighted by molar-refractivity contribution is 0.101. The molecule has 5 rings (SSSR count). The van der Waals surface area contributed by atoms with Gasteiger partial charge in [0.2, 0.25) is 0 Å². The molecule has 0 spiro atoms. The van der Waals surface area contributed by atoms with E-state index in [4.69, 9.17) is 27.7 Å². The molecule has 150 valence electrons. The maximum atomic E-state index is 12.8. The molecule has 0 bridgehead atoms. The number of hydrogen-bond acceptors (Lipinski definition) is 4. The Bertz CT molecular complexity index is 1260. The Balaban J connectivity index is 1.33. The van der Waals surface area contributed by atoms with E-state index in [0.29, 0.717) is 40.2 Å². The van der Waals surface area contributed by atoms with E-state index in [1.807, 2.05) is 24.3 Å². The van der Waals surface area contributed by atoms with Crippen LogP contribution < -0.4 is 5.32 Å². The number of nitrogens with one attached hydrogen (secondary N) is 1. The van der Waals surface area contributed by atoms with Crippen molar-refractivity contribution in [1.82, 2.24) is 14.9 Å². The van der Waals surface area contributed by atoms with Crippen LogP contribution in [0.25, 0.3) is 11.3 Å². The van der Waals surface area contributed by atoms with Gasteiger partial charge in [0, 0.05) is 27.4 Å². The van der Waals surface area contributed by atoms with E-state index in [9.17, 15) is 4.79 Å². The van der Waals surface area contributed by atoms with Crippen molar-refractivity contribution in [3.05, 3.63) is 87.3 Å². The number of benzene rings is 2. The Hall–Kier alpha value is -3.09. The summed E-state index contributed by atoms with van der Waals surface area (Å²) in [6, 6.07) is 13.3. The van der Waals surface area contributed by atoms with Gasteiger partial charge in [0.25, 0.3) is 5.91 Å². The van der Waals surface area contributed by atoms with E-state index in [0.717, 1.165) is 23.1 Å². The molecule has 2 heterocycles. The van der Waals surface area contributed by atoms with Gasteiger partial charge in [0.05, 0.1) is 18.4 Å². The largest absolute Gasteiger partial charge is 0.355 e. The Morgan fingerprint density at radius 1 is 1.17 bits per heavy atom. The van der Waals surface area contributed by atoms with Crippen LogP contribution in [0.4, 0.5) is 5.69 Å². The number of hydrogen-bond donors (Lipinski definition) is 1. The molecule has 0 saturated heterocycles. The lowest BCUT2D eigenvalue weighted by Crippen LogP contribution is -2.15. The lowest BCUT2D eigenvalue weighted by Gasteiger charge is -2.14. The van der Waals surface area contributed by atoms with E-state index >= 15 is 0 Å².